The van der Waals surface area contributed by atoms with Crippen molar-refractivity contribution in [2.75, 3.05) is 13.9 Å². The summed E-state index contributed by atoms with van der Waals surface area (Å²) < 4.78 is 9.89. The summed E-state index contributed by atoms with van der Waals surface area (Å²) >= 11 is 1.25. The molecule has 0 aromatic heterocycles. The summed E-state index contributed by atoms with van der Waals surface area (Å²) in [5, 5.41) is 0.0438. The fourth-order valence-electron chi connectivity index (χ4n) is 1.51. The molecular weight excluding hydrogens is 224 g/mol. The Morgan fingerprint density at radius 3 is 2.81 bits per heavy atom. The molecule has 0 spiro atoms. The van der Waals surface area contributed by atoms with Gasteiger partial charge in [0.1, 0.15) is 5.76 Å². The SMILES string of the molecule is C=C/C=C/C1(C)SC(=O)C(C)=C1OCOC. The third kappa shape index (κ3) is 2.57. The van der Waals surface area contributed by atoms with Crippen molar-refractivity contribution in [2.24, 2.45) is 0 Å². The van der Waals surface area contributed by atoms with Crippen molar-refractivity contribution < 1.29 is 14.3 Å². The van der Waals surface area contributed by atoms with Crippen molar-refractivity contribution in [2.45, 2.75) is 18.6 Å². The molecule has 88 valence electrons. The van der Waals surface area contributed by atoms with Crippen LogP contribution < -0.4 is 0 Å². The van der Waals surface area contributed by atoms with Gasteiger partial charge in [-0.3, -0.25) is 4.79 Å². The standard InChI is InChI=1S/C12H16O3S/c1-5-6-7-12(3)10(15-8-14-4)9(2)11(13)16-12/h5-7H,1,8H2,2-4H3/b7-6+. The number of hydrogen-bond donors (Lipinski definition) is 0. The number of thioether (sulfide) groups is 1. The second kappa shape index (κ2) is 5.37. The third-order valence-corrected chi connectivity index (χ3v) is 3.51. The van der Waals surface area contributed by atoms with E-state index in [-0.39, 0.29) is 11.9 Å². The predicted molar refractivity (Wildman–Crippen MR) is 66.0 cm³/mol. The zero-order valence-electron chi connectivity index (χ0n) is 9.78. The lowest BCUT2D eigenvalue weighted by Crippen LogP contribution is -2.20. The van der Waals surface area contributed by atoms with Gasteiger partial charge >= 0.3 is 0 Å². The largest absolute Gasteiger partial charge is 0.470 e. The van der Waals surface area contributed by atoms with Gasteiger partial charge in [-0.1, -0.05) is 36.6 Å². The highest BCUT2D eigenvalue weighted by molar-refractivity contribution is 8.16. The van der Waals surface area contributed by atoms with Crippen LogP contribution >= 0.6 is 11.8 Å². The molecule has 0 fully saturated rings. The first-order valence-electron chi connectivity index (χ1n) is 4.92. The Bertz CT molecular complexity index is 357. The Morgan fingerprint density at radius 1 is 1.56 bits per heavy atom. The number of methoxy groups -OCH3 is 1. The van der Waals surface area contributed by atoms with E-state index in [0.717, 1.165) is 0 Å². The smallest absolute Gasteiger partial charge is 0.219 e. The molecule has 16 heavy (non-hydrogen) atoms. The van der Waals surface area contributed by atoms with Crippen molar-refractivity contribution >= 4 is 16.9 Å². The topological polar surface area (TPSA) is 35.5 Å². The van der Waals surface area contributed by atoms with Gasteiger partial charge in [-0.05, 0) is 13.8 Å². The molecule has 1 atom stereocenters. The summed E-state index contributed by atoms with van der Waals surface area (Å²) in [7, 11) is 1.55. The first-order chi connectivity index (χ1) is 7.55. The lowest BCUT2D eigenvalue weighted by atomic mass is 10.0. The van der Waals surface area contributed by atoms with Gasteiger partial charge in [0.15, 0.2) is 6.79 Å². The average molecular weight is 240 g/mol. The number of ether oxygens (including phenoxy) is 2. The van der Waals surface area contributed by atoms with Crippen LogP contribution in [0.15, 0.2) is 36.1 Å². The Labute approximate surface area is 100 Å². The van der Waals surface area contributed by atoms with Gasteiger partial charge in [-0.25, -0.2) is 0 Å². The maximum absolute atomic E-state index is 11.7. The van der Waals surface area contributed by atoms with Gasteiger partial charge in [-0.2, -0.15) is 0 Å². The fraction of sp³-hybridized carbons (Fsp3) is 0.417. The van der Waals surface area contributed by atoms with Crippen molar-refractivity contribution in [3.8, 4) is 0 Å². The van der Waals surface area contributed by atoms with Crippen LogP contribution in [-0.2, 0) is 14.3 Å². The van der Waals surface area contributed by atoms with E-state index in [4.69, 9.17) is 9.47 Å². The van der Waals surface area contributed by atoms with Gasteiger partial charge in [0.25, 0.3) is 0 Å². The number of carbonyl (C=O) groups excluding carboxylic acids is 1. The van der Waals surface area contributed by atoms with E-state index >= 15 is 0 Å². The van der Waals surface area contributed by atoms with E-state index in [9.17, 15) is 4.79 Å². The van der Waals surface area contributed by atoms with E-state index in [1.807, 2.05) is 19.1 Å². The molecule has 0 radical (unpaired) electrons. The van der Waals surface area contributed by atoms with Gasteiger partial charge in [-0.15, -0.1) is 0 Å². The highest BCUT2D eigenvalue weighted by atomic mass is 32.2. The fourth-order valence-corrected chi connectivity index (χ4v) is 2.59. The van der Waals surface area contributed by atoms with Gasteiger partial charge in [0.05, 0.1) is 4.75 Å². The molecule has 0 aromatic carbocycles. The zero-order valence-corrected chi connectivity index (χ0v) is 10.6. The molecule has 1 aliphatic rings. The highest BCUT2D eigenvalue weighted by Gasteiger charge is 2.41. The van der Waals surface area contributed by atoms with Crippen LogP contribution in [-0.4, -0.2) is 23.8 Å². The Balaban J connectivity index is 2.98. The number of hydrogen-bond acceptors (Lipinski definition) is 4. The first kappa shape index (κ1) is 13.1. The molecule has 1 aliphatic heterocycles. The van der Waals surface area contributed by atoms with E-state index in [1.165, 1.54) is 11.8 Å². The predicted octanol–water partition coefficient (Wildman–Crippen LogP) is 2.66. The summed E-state index contributed by atoms with van der Waals surface area (Å²) in [4.78, 5) is 11.7. The maximum Gasteiger partial charge on any atom is 0.219 e. The monoisotopic (exact) mass is 240 g/mol. The molecule has 1 heterocycles. The average Bonchev–Trinajstić information content (AvgIpc) is 2.46. The van der Waals surface area contributed by atoms with Crippen LogP contribution in [0.5, 0.6) is 0 Å². The normalized spacial score (nSPS) is 25.6. The highest BCUT2D eigenvalue weighted by Crippen LogP contribution is 2.44. The Kier molecular flexibility index (Phi) is 4.38. The van der Waals surface area contributed by atoms with Gasteiger partial charge < -0.3 is 9.47 Å². The molecule has 0 saturated heterocycles. The number of carbonyl (C=O) groups is 1. The molecule has 0 aliphatic carbocycles. The Morgan fingerprint density at radius 2 is 2.25 bits per heavy atom. The molecule has 0 saturated carbocycles. The quantitative estimate of drug-likeness (QED) is 0.546. The van der Waals surface area contributed by atoms with Crippen molar-refractivity contribution in [3.63, 3.8) is 0 Å². The summed E-state index contributed by atoms with van der Waals surface area (Å²) in [6, 6.07) is 0. The molecule has 4 heteroatoms. The summed E-state index contributed by atoms with van der Waals surface area (Å²) in [6.07, 6.45) is 5.40. The van der Waals surface area contributed by atoms with Crippen molar-refractivity contribution in [1.82, 2.24) is 0 Å². The third-order valence-electron chi connectivity index (χ3n) is 2.27. The minimum atomic E-state index is -0.451. The van der Waals surface area contributed by atoms with Crippen LogP contribution in [0.1, 0.15) is 13.8 Å². The van der Waals surface area contributed by atoms with E-state index in [1.54, 1.807) is 20.1 Å². The first-order valence-corrected chi connectivity index (χ1v) is 5.73. The molecule has 0 bridgehead atoms. The second-order valence-corrected chi connectivity index (χ2v) is 5.02. The number of allylic oxidation sites excluding steroid dienone is 2. The van der Waals surface area contributed by atoms with Crippen LogP contribution in [0, 0.1) is 0 Å². The van der Waals surface area contributed by atoms with Crippen LogP contribution in [0.4, 0.5) is 0 Å². The van der Waals surface area contributed by atoms with E-state index in [0.29, 0.717) is 11.3 Å². The Hall–Kier alpha value is -1.00. The lowest BCUT2D eigenvalue weighted by Gasteiger charge is -2.22. The summed E-state index contributed by atoms with van der Waals surface area (Å²) in [5.74, 6) is 0.669. The molecule has 0 amide bonds. The molecule has 1 unspecified atom stereocenters. The molecule has 0 N–H and O–H groups in total. The van der Waals surface area contributed by atoms with E-state index < -0.39 is 4.75 Å². The maximum atomic E-state index is 11.7. The van der Waals surface area contributed by atoms with Crippen molar-refractivity contribution in [1.29, 1.82) is 0 Å². The summed E-state index contributed by atoms with van der Waals surface area (Å²) in [5.41, 5.74) is 0.651. The summed E-state index contributed by atoms with van der Waals surface area (Å²) in [6.45, 7) is 7.48. The minimum Gasteiger partial charge on any atom is -0.470 e. The number of rotatable bonds is 5. The lowest BCUT2D eigenvalue weighted by molar-refractivity contribution is -0.107. The second-order valence-electron chi connectivity index (χ2n) is 3.60. The van der Waals surface area contributed by atoms with Gasteiger partial charge in [0, 0.05) is 12.7 Å². The van der Waals surface area contributed by atoms with E-state index in [2.05, 4.69) is 6.58 Å². The molecular formula is C12H16O3S. The van der Waals surface area contributed by atoms with Crippen LogP contribution in [0.25, 0.3) is 0 Å². The molecule has 0 aromatic rings. The minimum absolute atomic E-state index is 0.0438. The van der Waals surface area contributed by atoms with Gasteiger partial charge in [0.2, 0.25) is 5.12 Å². The van der Waals surface area contributed by atoms with Crippen LogP contribution in [0.2, 0.25) is 0 Å². The molecule has 1 rings (SSSR count). The van der Waals surface area contributed by atoms with Crippen molar-refractivity contribution in [3.05, 3.63) is 36.1 Å². The molecule has 3 nitrogen and oxygen atoms in total. The zero-order chi connectivity index (χ0) is 12.2. The van der Waals surface area contributed by atoms with Crippen LogP contribution in [0.3, 0.4) is 0 Å².